The molecule has 0 saturated carbocycles. The van der Waals surface area contributed by atoms with Crippen LogP contribution in [0, 0.1) is 6.92 Å². The summed E-state index contributed by atoms with van der Waals surface area (Å²) >= 11 is 0. The van der Waals surface area contributed by atoms with Crippen LogP contribution in [0.3, 0.4) is 0 Å². The summed E-state index contributed by atoms with van der Waals surface area (Å²) in [7, 11) is 1.18. The number of alkyl halides is 3. The number of halogens is 3. The van der Waals surface area contributed by atoms with Crippen molar-refractivity contribution >= 4 is 17.6 Å². The van der Waals surface area contributed by atoms with Gasteiger partial charge in [0.1, 0.15) is 0 Å². The van der Waals surface area contributed by atoms with Crippen molar-refractivity contribution in [1.29, 1.82) is 0 Å². The van der Waals surface area contributed by atoms with E-state index >= 15 is 0 Å². The van der Waals surface area contributed by atoms with Crippen LogP contribution >= 0.6 is 0 Å². The lowest BCUT2D eigenvalue weighted by Gasteiger charge is -2.25. The number of benzene rings is 1. The van der Waals surface area contributed by atoms with E-state index in [0.29, 0.717) is 12.5 Å². The first-order valence-electron chi connectivity index (χ1n) is 6.26. The number of rotatable bonds is 4. The predicted octanol–water partition coefficient (Wildman–Crippen LogP) is 2.42. The quantitative estimate of drug-likeness (QED) is 0.836. The molecular weight excluding hydrogens is 303 g/mol. The molecule has 0 saturated heterocycles. The summed E-state index contributed by atoms with van der Waals surface area (Å²) in [5.41, 5.74) is -2.27. The Morgan fingerprint density at radius 3 is 2.41 bits per heavy atom. The van der Waals surface area contributed by atoms with Crippen LogP contribution in [0.25, 0.3) is 0 Å². The topological polar surface area (TPSA) is 75.6 Å². The van der Waals surface area contributed by atoms with Crippen LogP contribution in [0.2, 0.25) is 0 Å². The van der Waals surface area contributed by atoms with Gasteiger partial charge in [-0.25, -0.2) is 4.79 Å². The molecule has 0 bridgehead atoms. The minimum atomic E-state index is -4.92. The molecule has 2 N–H and O–H groups in total. The standard InChI is InChI=1S/C14H16F3NO4/c1-8-4-5-9(12(20)22-3)6-10(8)18-11(19)7-13(2,21)14(15,16)17/h4-6,21H,7H2,1-3H3,(H,18,19)/t13-/m1/s1. The Balaban J connectivity index is 2.91. The molecule has 22 heavy (non-hydrogen) atoms. The second-order valence-corrected chi connectivity index (χ2v) is 5.02. The van der Waals surface area contributed by atoms with Crippen molar-refractivity contribution in [1.82, 2.24) is 0 Å². The van der Waals surface area contributed by atoms with E-state index in [-0.39, 0.29) is 11.3 Å². The van der Waals surface area contributed by atoms with Gasteiger partial charge in [-0.3, -0.25) is 4.79 Å². The van der Waals surface area contributed by atoms with Gasteiger partial charge < -0.3 is 15.2 Å². The Kier molecular flexibility index (Phi) is 5.18. The molecule has 1 amide bonds. The lowest BCUT2D eigenvalue weighted by molar-refractivity contribution is -0.252. The highest BCUT2D eigenvalue weighted by molar-refractivity contribution is 5.95. The van der Waals surface area contributed by atoms with Crippen molar-refractivity contribution in [2.75, 3.05) is 12.4 Å². The van der Waals surface area contributed by atoms with Gasteiger partial charge in [0.05, 0.1) is 19.1 Å². The minimum absolute atomic E-state index is 0.144. The van der Waals surface area contributed by atoms with Gasteiger partial charge in [-0.1, -0.05) is 6.07 Å². The Morgan fingerprint density at radius 2 is 1.91 bits per heavy atom. The summed E-state index contributed by atoms with van der Waals surface area (Å²) in [6, 6.07) is 4.27. The fourth-order valence-corrected chi connectivity index (χ4v) is 1.61. The zero-order valence-corrected chi connectivity index (χ0v) is 12.2. The number of hydrogen-bond acceptors (Lipinski definition) is 4. The number of nitrogens with one attached hydrogen (secondary N) is 1. The highest BCUT2D eigenvalue weighted by Gasteiger charge is 2.51. The summed E-state index contributed by atoms with van der Waals surface area (Å²) in [5.74, 6) is -1.66. The van der Waals surface area contributed by atoms with Crippen LogP contribution in [0.1, 0.15) is 29.3 Å². The first-order valence-corrected chi connectivity index (χ1v) is 6.26. The Labute approximate surface area is 125 Å². The van der Waals surface area contributed by atoms with Crippen LogP contribution < -0.4 is 5.32 Å². The van der Waals surface area contributed by atoms with Crippen LogP contribution in [-0.4, -0.2) is 35.9 Å². The second kappa shape index (κ2) is 6.35. The highest BCUT2D eigenvalue weighted by atomic mass is 19.4. The van der Waals surface area contributed by atoms with Gasteiger partial charge in [0.15, 0.2) is 5.60 Å². The van der Waals surface area contributed by atoms with Gasteiger partial charge in [-0.05, 0) is 31.5 Å². The SMILES string of the molecule is COC(=O)c1ccc(C)c(NC(=O)C[C@@](C)(O)C(F)(F)F)c1. The first kappa shape index (κ1) is 18.0. The average molecular weight is 319 g/mol. The highest BCUT2D eigenvalue weighted by Crippen LogP contribution is 2.33. The number of carbonyl (C=O) groups excluding carboxylic acids is 2. The number of anilines is 1. The number of hydrogen-bond donors (Lipinski definition) is 2. The third-order valence-corrected chi connectivity index (χ3v) is 3.05. The van der Waals surface area contributed by atoms with Crippen LogP contribution in [0.4, 0.5) is 18.9 Å². The van der Waals surface area contributed by atoms with Crippen LogP contribution in [0.15, 0.2) is 18.2 Å². The third kappa shape index (κ3) is 4.20. The molecule has 8 heteroatoms. The number of aryl methyl sites for hydroxylation is 1. The molecule has 0 aliphatic rings. The number of esters is 1. The van der Waals surface area contributed by atoms with Crippen molar-refractivity contribution in [3.63, 3.8) is 0 Å². The number of methoxy groups -OCH3 is 1. The third-order valence-electron chi connectivity index (χ3n) is 3.05. The van der Waals surface area contributed by atoms with E-state index in [0.717, 1.165) is 0 Å². The summed E-state index contributed by atoms with van der Waals surface area (Å²) in [5, 5.41) is 11.5. The van der Waals surface area contributed by atoms with E-state index in [2.05, 4.69) is 10.1 Å². The van der Waals surface area contributed by atoms with Crippen LogP contribution in [0.5, 0.6) is 0 Å². The van der Waals surface area contributed by atoms with Gasteiger partial charge in [0.2, 0.25) is 5.91 Å². The first-order chi connectivity index (χ1) is 9.98. The maximum atomic E-state index is 12.5. The number of carbonyl (C=O) groups is 2. The van der Waals surface area contributed by atoms with Gasteiger partial charge in [-0.15, -0.1) is 0 Å². The molecule has 5 nitrogen and oxygen atoms in total. The van der Waals surface area contributed by atoms with Crippen molar-refractivity contribution in [3.8, 4) is 0 Å². The molecule has 0 spiro atoms. The number of amides is 1. The fraction of sp³-hybridized carbons (Fsp3) is 0.429. The Bertz CT molecular complexity index is 582. The van der Waals surface area contributed by atoms with E-state index in [1.165, 1.54) is 25.3 Å². The lowest BCUT2D eigenvalue weighted by atomic mass is 10.0. The molecular formula is C14H16F3NO4. The van der Waals surface area contributed by atoms with Gasteiger partial charge in [0.25, 0.3) is 0 Å². The monoisotopic (exact) mass is 319 g/mol. The van der Waals surface area contributed by atoms with E-state index in [9.17, 15) is 27.9 Å². The van der Waals surface area contributed by atoms with E-state index in [4.69, 9.17) is 0 Å². The second-order valence-electron chi connectivity index (χ2n) is 5.02. The van der Waals surface area contributed by atoms with E-state index < -0.39 is 30.1 Å². The largest absolute Gasteiger partial charge is 0.465 e. The molecule has 1 atom stereocenters. The van der Waals surface area contributed by atoms with Crippen molar-refractivity contribution in [2.24, 2.45) is 0 Å². The minimum Gasteiger partial charge on any atom is -0.465 e. The van der Waals surface area contributed by atoms with Crippen LogP contribution in [-0.2, 0) is 9.53 Å². The van der Waals surface area contributed by atoms with Crippen molar-refractivity contribution < 1.29 is 32.6 Å². The zero-order valence-electron chi connectivity index (χ0n) is 12.2. The van der Waals surface area contributed by atoms with E-state index in [1.807, 2.05) is 0 Å². The molecule has 0 aliphatic heterocycles. The molecule has 0 radical (unpaired) electrons. The van der Waals surface area contributed by atoms with Gasteiger partial charge >= 0.3 is 12.1 Å². The Hall–Kier alpha value is -2.09. The molecule has 0 unspecified atom stereocenters. The average Bonchev–Trinajstić information content (AvgIpc) is 2.38. The fourth-order valence-electron chi connectivity index (χ4n) is 1.61. The molecule has 0 fully saturated rings. The number of ether oxygens (including phenoxy) is 1. The number of aliphatic hydroxyl groups is 1. The predicted molar refractivity (Wildman–Crippen MR) is 72.4 cm³/mol. The van der Waals surface area contributed by atoms with Gasteiger partial charge in [0, 0.05) is 5.69 Å². The molecule has 0 aliphatic carbocycles. The van der Waals surface area contributed by atoms with Crippen molar-refractivity contribution in [3.05, 3.63) is 29.3 Å². The summed E-state index contributed by atoms with van der Waals surface area (Å²) in [6.07, 6.45) is -6.08. The molecule has 1 rings (SSSR count). The maximum absolute atomic E-state index is 12.5. The van der Waals surface area contributed by atoms with Crippen molar-refractivity contribution in [2.45, 2.75) is 32.0 Å². The maximum Gasteiger partial charge on any atom is 0.417 e. The molecule has 1 aromatic carbocycles. The summed E-state index contributed by atoms with van der Waals surface area (Å²) in [4.78, 5) is 23.1. The molecule has 0 heterocycles. The lowest BCUT2D eigenvalue weighted by Crippen LogP contribution is -2.44. The van der Waals surface area contributed by atoms with E-state index in [1.54, 1.807) is 6.92 Å². The normalized spacial score (nSPS) is 14.1. The molecule has 122 valence electrons. The van der Waals surface area contributed by atoms with Gasteiger partial charge in [-0.2, -0.15) is 13.2 Å². The summed E-state index contributed by atoms with van der Waals surface area (Å²) < 4.78 is 42.1. The zero-order chi connectivity index (χ0) is 17.1. The smallest absolute Gasteiger partial charge is 0.417 e. The molecule has 0 aromatic heterocycles. The Morgan fingerprint density at radius 1 is 1.32 bits per heavy atom. The summed E-state index contributed by atoms with van der Waals surface area (Å²) in [6.45, 7) is 2.13. The molecule has 1 aromatic rings.